The summed E-state index contributed by atoms with van der Waals surface area (Å²) in [6.07, 6.45) is 2.02. The molecule has 6 nitrogen and oxygen atoms in total. The van der Waals surface area contributed by atoms with Crippen LogP contribution in [-0.2, 0) is 6.42 Å². The van der Waals surface area contributed by atoms with Gasteiger partial charge in [0.15, 0.2) is 0 Å². The van der Waals surface area contributed by atoms with E-state index in [0.717, 1.165) is 46.4 Å². The molecule has 4 rings (SSSR count). The number of likely N-dealkylation sites (tertiary alicyclic amines) is 1. The average molecular weight is 403 g/mol. The lowest BCUT2D eigenvalue weighted by molar-refractivity contribution is 0.0707. The third kappa shape index (κ3) is 3.59. The van der Waals surface area contributed by atoms with Gasteiger partial charge in [-0.15, -0.1) is 0 Å². The smallest absolute Gasteiger partial charge is 0.270 e. The molecule has 0 bridgehead atoms. The minimum absolute atomic E-state index is 0.000417. The normalized spacial score (nSPS) is 14.5. The summed E-state index contributed by atoms with van der Waals surface area (Å²) >= 11 is 0. The lowest BCUT2D eigenvalue weighted by Crippen LogP contribution is -2.38. The number of nitriles is 1. The van der Waals surface area contributed by atoms with Crippen LogP contribution in [0.4, 0.5) is 0 Å². The van der Waals surface area contributed by atoms with Gasteiger partial charge in [0.2, 0.25) is 0 Å². The fraction of sp³-hybridized carbons (Fsp3) is 0.333. The number of H-pyrrole nitrogens is 1. The van der Waals surface area contributed by atoms with Gasteiger partial charge in [0.05, 0.1) is 32.2 Å². The van der Waals surface area contributed by atoms with Crippen molar-refractivity contribution in [2.75, 3.05) is 27.3 Å². The first-order valence-corrected chi connectivity index (χ1v) is 10.1. The molecule has 2 heterocycles. The maximum Gasteiger partial charge on any atom is 0.270 e. The minimum Gasteiger partial charge on any atom is -0.496 e. The maximum atomic E-state index is 13.1. The Morgan fingerprint density at radius 2 is 1.80 bits per heavy atom. The van der Waals surface area contributed by atoms with E-state index in [4.69, 9.17) is 14.7 Å². The van der Waals surface area contributed by atoms with Crippen molar-refractivity contribution in [3.8, 4) is 17.6 Å². The molecule has 1 aliphatic heterocycles. The number of nitrogens with one attached hydrogen (secondary N) is 1. The summed E-state index contributed by atoms with van der Waals surface area (Å²) in [4.78, 5) is 18.2. The predicted molar refractivity (Wildman–Crippen MR) is 115 cm³/mol. The Kier molecular flexibility index (Phi) is 5.62. The van der Waals surface area contributed by atoms with Crippen LogP contribution in [0.5, 0.6) is 11.5 Å². The van der Waals surface area contributed by atoms with Crippen molar-refractivity contribution in [1.82, 2.24) is 9.88 Å². The van der Waals surface area contributed by atoms with Crippen LogP contribution in [0.2, 0.25) is 0 Å². The third-order valence-electron chi connectivity index (χ3n) is 5.90. The Balaban J connectivity index is 1.51. The Hall–Kier alpha value is -3.46. The fourth-order valence-electron chi connectivity index (χ4n) is 4.39. The number of carbonyl (C=O) groups is 1. The molecule has 1 amide bonds. The molecule has 0 radical (unpaired) electrons. The molecule has 30 heavy (non-hydrogen) atoms. The average Bonchev–Trinajstić information content (AvgIpc) is 3.23. The SMILES string of the molecule is COc1cccc(OC)c1C1CCN(C(=O)c2cc3cccc(CC#N)c3[nH]2)CC1. The van der Waals surface area contributed by atoms with Crippen LogP contribution in [0.3, 0.4) is 0 Å². The summed E-state index contributed by atoms with van der Waals surface area (Å²) in [5.41, 5.74) is 3.44. The van der Waals surface area contributed by atoms with E-state index in [0.29, 0.717) is 25.2 Å². The van der Waals surface area contributed by atoms with Gasteiger partial charge in [-0.2, -0.15) is 5.26 Å². The molecule has 1 saturated heterocycles. The van der Waals surface area contributed by atoms with Gasteiger partial charge in [0.1, 0.15) is 17.2 Å². The molecule has 1 fully saturated rings. The molecule has 6 heteroatoms. The Bertz CT molecular complexity index is 1080. The van der Waals surface area contributed by atoms with Gasteiger partial charge in [-0.05, 0) is 42.5 Å². The monoisotopic (exact) mass is 403 g/mol. The van der Waals surface area contributed by atoms with E-state index >= 15 is 0 Å². The molecule has 0 aliphatic carbocycles. The molecule has 0 spiro atoms. The highest BCUT2D eigenvalue weighted by Gasteiger charge is 2.29. The number of piperidine rings is 1. The quantitative estimate of drug-likeness (QED) is 0.690. The Morgan fingerprint density at radius 1 is 1.13 bits per heavy atom. The second-order valence-electron chi connectivity index (χ2n) is 7.54. The highest BCUT2D eigenvalue weighted by Crippen LogP contribution is 2.40. The first-order chi connectivity index (χ1) is 14.7. The topological polar surface area (TPSA) is 78.3 Å². The molecule has 1 N–H and O–H groups in total. The van der Waals surface area contributed by atoms with Crippen molar-refractivity contribution < 1.29 is 14.3 Å². The van der Waals surface area contributed by atoms with E-state index in [1.54, 1.807) is 14.2 Å². The lowest BCUT2D eigenvalue weighted by Gasteiger charge is -2.33. The summed E-state index contributed by atoms with van der Waals surface area (Å²) in [5, 5.41) is 9.99. The van der Waals surface area contributed by atoms with Crippen molar-refractivity contribution >= 4 is 16.8 Å². The maximum absolute atomic E-state index is 13.1. The molecule has 0 unspecified atom stereocenters. The summed E-state index contributed by atoms with van der Waals surface area (Å²) in [7, 11) is 3.35. The van der Waals surface area contributed by atoms with E-state index in [1.807, 2.05) is 47.4 Å². The van der Waals surface area contributed by atoms with Crippen molar-refractivity contribution in [2.45, 2.75) is 25.2 Å². The molecule has 3 aromatic rings. The first-order valence-electron chi connectivity index (χ1n) is 10.1. The zero-order valence-corrected chi connectivity index (χ0v) is 17.3. The molecular formula is C24H25N3O3. The van der Waals surface area contributed by atoms with Gasteiger partial charge in [-0.1, -0.05) is 24.3 Å². The summed E-state index contributed by atoms with van der Waals surface area (Å²) in [6, 6.07) is 15.7. The van der Waals surface area contributed by atoms with Gasteiger partial charge < -0.3 is 19.4 Å². The zero-order valence-electron chi connectivity index (χ0n) is 17.3. The molecule has 1 aromatic heterocycles. The molecule has 1 aliphatic rings. The first kappa shape index (κ1) is 19.8. The number of nitrogens with zero attached hydrogens (tertiary/aromatic N) is 2. The lowest BCUT2D eigenvalue weighted by atomic mass is 9.88. The number of para-hydroxylation sites is 1. The predicted octanol–water partition coefficient (Wildman–Crippen LogP) is 4.27. The second kappa shape index (κ2) is 8.50. The van der Waals surface area contributed by atoms with Crippen LogP contribution < -0.4 is 9.47 Å². The van der Waals surface area contributed by atoms with Crippen LogP contribution in [0, 0.1) is 11.3 Å². The molecular weight excluding hydrogens is 378 g/mol. The number of carbonyl (C=O) groups excluding carboxylic acids is 1. The number of aromatic amines is 1. The van der Waals surface area contributed by atoms with Crippen molar-refractivity contribution in [3.05, 3.63) is 59.3 Å². The number of fused-ring (bicyclic) bond motifs is 1. The van der Waals surface area contributed by atoms with Crippen molar-refractivity contribution in [3.63, 3.8) is 0 Å². The van der Waals surface area contributed by atoms with Crippen LogP contribution in [0.15, 0.2) is 42.5 Å². The fourth-order valence-corrected chi connectivity index (χ4v) is 4.39. The summed E-state index contributed by atoms with van der Waals surface area (Å²) in [6.45, 7) is 1.34. The van der Waals surface area contributed by atoms with Gasteiger partial charge in [0, 0.05) is 24.0 Å². The van der Waals surface area contributed by atoms with E-state index < -0.39 is 0 Å². The highest BCUT2D eigenvalue weighted by atomic mass is 16.5. The Morgan fingerprint density at radius 3 is 2.43 bits per heavy atom. The number of amides is 1. The largest absolute Gasteiger partial charge is 0.496 e. The van der Waals surface area contributed by atoms with Crippen molar-refractivity contribution in [2.24, 2.45) is 0 Å². The zero-order chi connectivity index (χ0) is 21.1. The van der Waals surface area contributed by atoms with Gasteiger partial charge in [-0.25, -0.2) is 0 Å². The van der Waals surface area contributed by atoms with Crippen LogP contribution in [-0.4, -0.2) is 43.1 Å². The third-order valence-corrected chi connectivity index (χ3v) is 5.90. The van der Waals surface area contributed by atoms with Gasteiger partial charge in [-0.3, -0.25) is 4.79 Å². The van der Waals surface area contributed by atoms with E-state index in [2.05, 4.69) is 11.1 Å². The number of ether oxygens (including phenoxy) is 2. The number of hydrogen-bond acceptors (Lipinski definition) is 4. The number of benzene rings is 2. The van der Waals surface area contributed by atoms with E-state index in [9.17, 15) is 4.79 Å². The minimum atomic E-state index is -0.000417. The number of hydrogen-bond donors (Lipinski definition) is 1. The summed E-state index contributed by atoms with van der Waals surface area (Å²) in [5.74, 6) is 1.95. The number of rotatable bonds is 5. The molecule has 0 atom stereocenters. The highest BCUT2D eigenvalue weighted by molar-refractivity contribution is 5.98. The van der Waals surface area contributed by atoms with Crippen molar-refractivity contribution in [1.29, 1.82) is 5.26 Å². The second-order valence-corrected chi connectivity index (χ2v) is 7.54. The summed E-state index contributed by atoms with van der Waals surface area (Å²) < 4.78 is 11.1. The van der Waals surface area contributed by atoms with Gasteiger partial charge in [0.25, 0.3) is 5.91 Å². The van der Waals surface area contributed by atoms with Crippen LogP contribution in [0.1, 0.15) is 40.4 Å². The van der Waals surface area contributed by atoms with E-state index in [1.165, 1.54) is 0 Å². The van der Waals surface area contributed by atoms with Crippen LogP contribution in [0.25, 0.3) is 10.9 Å². The molecule has 154 valence electrons. The molecule has 2 aromatic carbocycles. The number of aromatic nitrogens is 1. The standard InChI is InChI=1S/C24H25N3O3/c1-29-20-7-4-8-21(30-2)22(20)16-10-13-27(14-11-16)24(28)19-15-18-6-3-5-17(9-12-25)23(18)26-19/h3-8,15-16,26H,9-11,13-14H2,1-2H3. The van der Waals surface area contributed by atoms with Crippen LogP contribution >= 0.6 is 0 Å². The molecule has 0 saturated carbocycles. The van der Waals surface area contributed by atoms with Gasteiger partial charge >= 0.3 is 0 Å². The number of methoxy groups -OCH3 is 2. The van der Waals surface area contributed by atoms with E-state index in [-0.39, 0.29) is 11.8 Å². The Labute approximate surface area is 176 Å².